The van der Waals surface area contributed by atoms with Crippen molar-refractivity contribution in [1.82, 2.24) is 10.9 Å². The van der Waals surface area contributed by atoms with Gasteiger partial charge < -0.3 is 5.43 Å². The van der Waals surface area contributed by atoms with Gasteiger partial charge in [0.2, 0.25) is 5.91 Å². The molecular formula is C16H28N2O2. The lowest BCUT2D eigenvalue weighted by atomic mass is 9.79. The van der Waals surface area contributed by atoms with Crippen molar-refractivity contribution in [3.63, 3.8) is 0 Å². The first-order chi connectivity index (χ1) is 9.43. The molecule has 0 aromatic carbocycles. The Hall–Kier alpha value is -1.32. The number of hydrazine groups is 1. The van der Waals surface area contributed by atoms with Crippen molar-refractivity contribution in [3.8, 4) is 0 Å². The van der Waals surface area contributed by atoms with Crippen LogP contribution in [0.5, 0.6) is 0 Å². The largest absolute Gasteiger partial charge is 0.303 e. The first-order valence-electron chi connectivity index (χ1n) is 7.71. The van der Waals surface area contributed by atoms with Gasteiger partial charge in [-0.1, -0.05) is 46.5 Å². The highest BCUT2D eigenvalue weighted by molar-refractivity contribution is 5.91. The summed E-state index contributed by atoms with van der Waals surface area (Å²) in [6.07, 6.45) is 9.19. The molecule has 0 fully saturated rings. The van der Waals surface area contributed by atoms with Crippen molar-refractivity contribution in [2.45, 2.75) is 72.1 Å². The molecule has 4 heteroatoms. The lowest BCUT2D eigenvalue weighted by Gasteiger charge is -2.29. The maximum Gasteiger partial charge on any atom is 0.238 e. The Balaban J connectivity index is 2.22. The average Bonchev–Trinajstić information content (AvgIpc) is 2.34. The molecule has 2 N–H and O–H groups in total. The fourth-order valence-electron chi connectivity index (χ4n) is 2.53. The van der Waals surface area contributed by atoms with Crippen LogP contribution in [0.3, 0.4) is 0 Å². The lowest BCUT2D eigenvalue weighted by Crippen LogP contribution is -2.39. The van der Waals surface area contributed by atoms with Crippen LogP contribution in [-0.4, -0.2) is 11.7 Å². The number of hydrogen-bond acceptors (Lipinski definition) is 3. The third-order valence-electron chi connectivity index (χ3n) is 3.53. The van der Waals surface area contributed by atoms with Crippen molar-refractivity contribution >= 4 is 11.7 Å². The van der Waals surface area contributed by atoms with Crippen molar-refractivity contribution in [2.75, 3.05) is 0 Å². The van der Waals surface area contributed by atoms with Gasteiger partial charge in [-0.2, -0.15) is 0 Å². The zero-order valence-corrected chi connectivity index (χ0v) is 13.1. The molecule has 0 radical (unpaired) electrons. The van der Waals surface area contributed by atoms with Crippen LogP contribution in [-0.2, 0) is 9.59 Å². The van der Waals surface area contributed by atoms with Gasteiger partial charge in [-0.15, -0.1) is 0 Å². The fourth-order valence-corrected chi connectivity index (χ4v) is 2.53. The van der Waals surface area contributed by atoms with Crippen LogP contribution in [0.25, 0.3) is 0 Å². The van der Waals surface area contributed by atoms with Gasteiger partial charge in [-0.3, -0.25) is 15.0 Å². The Morgan fingerprint density at radius 1 is 1.20 bits per heavy atom. The highest BCUT2D eigenvalue weighted by Gasteiger charge is 2.27. The number of allylic oxidation sites excluding steroid dienone is 2. The van der Waals surface area contributed by atoms with E-state index in [2.05, 4.69) is 31.6 Å². The molecule has 0 saturated heterocycles. The monoisotopic (exact) mass is 280 g/mol. The molecule has 0 saturated carbocycles. The minimum atomic E-state index is -0.0287. The number of carbonyl (C=O) groups is 2. The summed E-state index contributed by atoms with van der Waals surface area (Å²) in [5, 5.41) is 0. The Kier molecular flexibility index (Phi) is 6.76. The minimum Gasteiger partial charge on any atom is -0.303 e. The molecule has 0 aromatic heterocycles. The number of ketones is 1. The van der Waals surface area contributed by atoms with E-state index in [1.807, 2.05) is 0 Å². The highest BCUT2D eigenvalue weighted by Crippen LogP contribution is 2.32. The third kappa shape index (κ3) is 6.73. The van der Waals surface area contributed by atoms with E-state index in [0.29, 0.717) is 12.8 Å². The highest BCUT2D eigenvalue weighted by atomic mass is 16.2. The Morgan fingerprint density at radius 2 is 1.90 bits per heavy atom. The smallest absolute Gasteiger partial charge is 0.238 e. The molecule has 20 heavy (non-hydrogen) atoms. The number of hydrogen-bond donors (Lipinski definition) is 2. The topological polar surface area (TPSA) is 58.2 Å². The maximum absolute atomic E-state index is 11.7. The number of carbonyl (C=O) groups excluding carboxylic acids is 2. The fraction of sp³-hybridized carbons (Fsp3) is 0.750. The van der Waals surface area contributed by atoms with Crippen LogP contribution in [0, 0.1) is 5.41 Å². The summed E-state index contributed by atoms with van der Waals surface area (Å²) in [5.41, 5.74) is 6.37. The molecule has 1 aliphatic rings. The van der Waals surface area contributed by atoms with E-state index in [-0.39, 0.29) is 17.1 Å². The van der Waals surface area contributed by atoms with Gasteiger partial charge in [-0.05, 0) is 18.3 Å². The Labute approximate surface area is 122 Å². The van der Waals surface area contributed by atoms with E-state index in [1.165, 1.54) is 19.3 Å². The number of unbranched alkanes of at least 4 members (excludes halogenated alkanes) is 4. The molecule has 0 atom stereocenters. The molecule has 0 heterocycles. The Morgan fingerprint density at radius 3 is 2.55 bits per heavy atom. The quantitative estimate of drug-likeness (QED) is 0.530. The van der Waals surface area contributed by atoms with Gasteiger partial charge in [0.25, 0.3) is 0 Å². The number of nitrogens with one attached hydrogen (secondary N) is 2. The number of amides is 1. The van der Waals surface area contributed by atoms with Crippen molar-refractivity contribution in [3.05, 3.63) is 11.8 Å². The zero-order chi connectivity index (χ0) is 15.0. The van der Waals surface area contributed by atoms with Gasteiger partial charge >= 0.3 is 0 Å². The summed E-state index contributed by atoms with van der Waals surface area (Å²) in [6, 6.07) is 0. The molecule has 114 valence electrons. The van der Waals surface area contributed by atoms with Crippen LogP contribution < -0.4 is 10.9 Å². The average molecular weight is 280 g/mol. The van der Waals surface area contributed by atoms with E-state index >= 15 is 0 Å². The zero-order valence-electron chi connectivity index (χ0n) is 13.1. The van der Waals surface area contributed by atoms with Crippen molar-refractivity contribution in [2.24, 2.45) is 5.41 Å². The van der Waals surface area contributed by atoms with Crippen LogP contribution in [0.2, 0.25) is 0 Å². The summed E-state index contributed by atoms with van der Waals surface area (Å²) in [6.45, 7) is 6.31. The summed E-state index contributed by atoms with van der Waals surface area (Å²) in [7, 11) is 0. The van der Waals surface area contributed by atoms with E-state index in [9.17, 15) is 9.59 Å². The molecule has 1 amide bonds. The van der Waals surface area contributed by atoms with Gasteiger partial charge in [0, 0.05) is 24.6 Å². The predicted octanol–water partition coefficient (Wildman–Crippen LogP) is 3.24. The molecule has 1 rings (SSSR count). The van der Waals surface area contributed by atoms with E-state index in [4.69, 9.17) is 0 Å². The van der Waals surface area contributed by atoms with Crippen molar-refractivity contribution in [1.29, 1.82) is 0 Å². The first kappa shape index (κ1) is 16.7. The van der Waals surface area contributed by atoms with Crippen LogP contribution in [0.15, 0.2) is 11.8 Å². The van der Waals surface area contributed by atoms with Crippen LogP contribution in [0.4, 0.5) is 0 Å². The van der Waals surface area contributed by atoms with Crippen LogP contribution >= 0.6 is 0 Å². The second-order valence-electron chi connectivity index (χ2n) is 6.49. The molecule has 0 aromatic rings. The SMILES string of the molecule is CCCCCCCC(=O)NNC1=CC(=O)CC(C)(C)C1. The molecule has 0 unspecified atom stereocenters. The van der Waals surface area contributed by atoms with Gasteiger partial charge in [-0.25, -0.2) is 0 Å². The molecule has 1 aliphatic carbocycles. The lowest BCUT2D eigenvalue weighted by molar-refractivity contribution is -0.122. The van der Waals surface area contributed by atoms with E-state index < -0.39 is 0 Å². The van der Waals surface area contributed by atoms with E-state index in [1.54, 1.807) is 6.08 Å². The maximum atomic E-state index is 11.7. The van der Waals surface area contributed by atoms with Gasteiger partial charge in [0.15, 0.2) is 5.78 Å². The molecule has 0 bridgehead atoms. The second kappa shape index (κ2) is 8.08. The molecular weight excluding hydrogens is 252 g/mol. The molecule has 0 aliphatic heterocycles. The molecule has 0 spiro atoms. The predicted molar refractivity (Wildman–Crippen MR) is 80.8 cm³/mol. The first-order valence-corrected chi connectivity index (χ1v) is 7.71. The van der Waals surface area contributed by atoms with Crippen molar-refractivity contribution < 1.29 is 9.59 Å². The third-order valence-corrected chi connectivity index (χ3v) is 3.53. The summed E-state index contributed by atoms with van der Waals surface area (Å²) < 4.78 is 0. The summed E-state index contributed by atoms with van der Waals surface area (Å²) in [5.74, 6) is 0.121. The summed E-state index contributed by atoms with van der Waals surface area (Å²) >= 11 is 0. The normalized spacial score (nSPS) is 17.6. The standard InChI is InChI=1S/C16H28N2O2/c1-4-5-6-7-8-9-15(20)18-17-13-10-14(19)12-16(2,3)11-13/h10,17H,4-9,11-12H2,1-3H3,(H,18,20). The second-order valence-corrected chi connectivity index (χ2v) is 6.49. The van der Waals surface area contributed by atoms with E-state index in [0.717, 1.165) is 25.0 Å². The van der Waals surface area contributed by atoms with Crippen LogP contribution in [0.1, 0.15) is 72.1 Å². The minimum absolute atomic E-state index is 0.00164. The van der Waals surface area contributed by atoms with Gasteiger partial charge in [0.1, 0.15) is 0 Å². The number of rotatable bonds is 8. The summed E-state index contributed by atoms with van der Waals surface area (Å²) in [4.78, 5) is 23.3. The Bertz CT molecular complexity index is 373. The van der Waals surface area contributed by atoms with Gasteiger partial charge in [0.05, 0.1) is 0 Å². The molecule has 4 nitrogen and oxygen atoms in total.